The van der Waals surface area contributed by atoms with E-state index >= 15 is 0 Å². The maximum absolute atomic E-state index is 10.6. The van der Waals surface area contributed by atoms with Gasteiger partial charge in [-0.25, -0.2) is 0 Å². The highest BCUT2D eigenvalue weighted by Gasteiger charge is 2.24. The number of benzene rings is 1. The van der Waals surface area contributed by atoms with Crippen molar-refractivity contribution in [2.45, 2.75) is 0 Å². The molecule has 1 rings (SSSR count). The molecule has 80 valence electrons. The summed E-state index contributed by atoms with van der Waals surface area (Å²) >= 11 is 0. The Balaban J connectivity index is 3.34. The lowest BCUT2D eigenvalue weighted by Crippen LogP contribution is -2.04. The highest BCUT2D eigenvalue weighted by molar-refractivity contribution is 5.72. The molecule has 0 saturated heterocycles. The van der Waals surface area contributed by atoms with Gasteiger partial charge in [0.15, 0.2) is 0 Å². The van der Waals surface area contributed by atoms with Crippen LogP contribution in [0.1, 0.15) is 0 Å². The van der Waals surface area contributed by atoms with Crippen molar-refractivity contribution >= 4 is 17.1 Å². The third kappa shape index (κ3) is 2.17. The van der Waals surface area contributed by atoms with Crippen molar-refractivity contribution in [1.29, 1.82) is 0 Å². The summed E-state index contributed by atoms with van der Waals surface area (Å²) in [5.41, 5.74) is 1.03. The first-order valence-electron chi connectivity index (χ1n) is 3.78. The molecule has 1 aromatic carbocycles. The maximum atomic E-state index is 10.6. The summed E-state index contributed by atoms with van der Waals surface area (Å²) in [5, 5.41) is 21.1. The first kappa shape index (κ1) is 10.9. The summed E-state index contributed by atoms with van der Waals surface area (Å²) in [4.78, 5) is 24.1. The van der Waals surface area contributed by atoms with Crippen LogP contribution in [0.25, 0.3) is 0 Å². The zero-order valence-corrected chi connectivity index (χ0v) is 7.67. The first-order valence-corrected chi connectivity index (χ1v) is 3.78. The molecule has 0 spiro atoms. The molecule has 0 atom stereocenters. The lowest BCUT2D eigenvalue weighted by atomic mass is 10.2. The zero-order valence-electron chi connectivity index (χ0n) is 7.67. The van der Waals surface area contributed by atoms with Crippen molar-refractivity contribution in [2.75, 3.05) is 12.6 Å². The fourth-order valence-electron chi connectivity index (χ4n) is 1.04. The Morgan fingerprint density at radius 2 is 1.67 bits per heavy atom. The number of nitrogens with zero attached hydrogens (tertiary/aromatic N) is 2. The second-order valence-electron chi connectivity index (χ2n) is 2.49. The molecule has 1 N–H and O–H groups in total. The normalized spacial score (nSPS) is 9.67. The number of nitro benzene ring substituents is 2. The van der Waals surface area contributed by atoms with Gasteiger partial charge in [-0.2, -0.15) is 0 Å². The number of hydrogen-bond acceptors (Lipinski definition) is 6. The van der Waals surface area contributed by atoms with Crippen LogP contribution in [0.5, 0.6) is 0 Å². The van der Waals surface area contributed by atoms with E-state index in [1.165, 1.54) is 13.2 Å². The number of rotatable bonds is 4. The second-order valence-corrected chi connectivity index (χ2v) is 2.49. The van der Waals surface area contributed by atoms with E-state index in [2.05, 4.69) is 10.3 Å². The average Bonchev–Trinajstić information content (AvgIpc) is 2.17. The van der Waals surface area contributed by atoms with Crippen LogP contribution in [-0.4, -0.2) is 17.0 Å². The number of para-hydroxylation sites is 1. The van der Waals surface area contributed by atoms with Crippen LogP contribution in [0.2, 0.25) is 0 Å². The topological polar surface area (TPSA) is 108 Å². The van der Waals surface area contributed by atoms with Gasteiger partial charge in [-0.15, -0.1) is 0 Å². The molecule has 8 heteroatoms. The molecular weight excluding hydrogens is 206 g/mol. The van der Waals surface area contributed by atoms with E-state index in [1.807, 2.05) is 0 Å². The smallest absolute Gasteiger partial charge is 0.279 e. The van der Waals surface area contributed by atoms with Crippen molar-refractivity contribution < 1.29 is 14.7 Å². The predicted molar refractivity (Wildman–Crippen MR) is 50.4 cm³/mol. The molecule has 0 aliphatic rings. The van der Waals surface area contributed by atoms with Crippen LogP contribution in [0.4, 0.5) is 17.1 Å². The van der Waals surface area contributed by atoms with Gasteiger partial charge in [-0.05, 0) is 6.07 Å². The molecule has 0 aliphatic heterocycles. The summed E-state index contributed by atoms with van der Waals surface area (Å²) in [5.74, 6) is 0. The van der Waals surface area contributed by atoms with Crippen LogP contribution in [-0.2, 0) is 4.84 Å². The van der Waals surface area contributed by atoms with Gasteiger partial charge in [0.1, 0.15) is 0 Å². The van der Waals surface area contributed by atoms with Crippen molar-refractivity contribution in [2.24, 2.45) is 0 Å². The lowest BCUT2D eigenvalue weighted by molar-refractivity contribution is -0.392. The predicted octanol–water partition coefficient (Wildman–Crippen LogP) is 1.48. The van der Waals surface area contributed by atoms with Crippen LogP contribution in [0.15, 0.2) is 18.2 Å². The van der Waals surface area contributed by atoms with Gasteiger partial charge in [0.25, 0.3) is 0 Å². The summed E-state index contributed by atoms with van der Waals surface area (Å²) < 4.78 is 0. The molecule has 0 aliphatic carbocycles. The van der Waals surface area contributed by atoms with Gasteiger partial charge in [-0.1, -0.05) is 0 Å². The largest absolute Gasteiger partial charge is 0.301 e. The highest BCUT2D eigenvalue weighted by Crippen LogP contribution is 2.33. The number of anilines is 1. The standard InChI is InChI=1S/C7H7N3O5/c1-15-8-7-5(9(11)12)3-2-4-6(7)10(13)14/h2-4,8H,1H3. The minimum absolute atomic E-state index is 0.269. The summed E-state index contributed by atoms with van der Waals surface area (Å²) in [7, 11) is 1.21. The average molecular weight is 213 g/mol. The third-order valence-corrected chi connectivity index (χ3v) is 1.62. The number of nitrogens with one attached hydrogen (secondary N) is 1. The minimum Gasteiger partial charge on any atom is -0.279 e. The van der Waals surface area contributed by atoms with E-state index in [4.69, 9.17) is 0 Å². The Morgan fingerprint density at radius 3 is 2.00 bits per heavy atom. The van der Waals surface area contributed by atoms with Gasteiger partial charge in [0, 0.05) is 12.1 Å². The number of nitro groups is 2. The van der Waals surface area contributed by atoms with E-state index in [0.717, 1.165) is 12.1 Å². The molecular formula is C7H7N3O5. The van der Waals surface area contributed by atoms with Crippen molar-refractivity contribution in [3.8, 4) is 0 Å². The molecule has 1 aromatic rings. The van der Waals surface area contributed by atoms with Crippen LogP contribution in [0, 0.1) is 20.2 Å². The molecule has 0 amide bonds. The minimum atomic E-state index is -0.728. The van der Waals surface area contributed by atoms with Crippen molar-refractivity contribution in [3.63, 3.8) is 0 Å². The Hall–Kier alpha value is -2.22. The van der Waals surface area contributed by atoms with Crippen LogP contribution >= 0.6 is 0 Å². The molecule has 0 unspecified atom stereocenters. The molecule has 15 heavy (non-hydrogen) atoms. The highest BCUT2D eigenvalue weighted by atomic mass is 16.6. The number of hydrogen-bond donors (Lipinski definition) is 1. The molecule has 0 saturated carbocycles. The van der Waals surface area contributed by atoms with Gasteiger partial charge in [0.2, 0.25) is 5.69 Å². The Kier molecular flexibility index (Phi) is 3.13. The van der Waals surface area contributed by atoms with Crippen LogP contribution < -0.4 is 5.48 Å². The molecule has 0 bridgehead atoms. The van der Waals surface area contributed by atoms with E-state index in [-0.39, 0.29) is 5.69 Å². The van der Waals surface area contributed by atoms with E-state index in [9.17, 15) is 20.2 Å². The third-order valence-electron chi connectivity index (χ3n) is 1.62. The van der Waals surface area contributed by atoms with Gasteiger partial charge < -0.3 is 0 Å². The lowest BCUT2D eigenvalue weighted by Gasteiger charge is -2.04. The molecule has 0 radical (unpaired) electrons. The van der Waals surface area contributed by atoms with Crippen LogP contribution in [0.3, 0.4) is 0 Å². The zero-order chi connectivity index (χ0) is 11.4. The molecule has 8 nitrogen and oxygen atoms in total. The van der Waals surface area contributed by atoms with Gasteiger partial charge in [-0.3, -0.25) is 30.5 Å². The fraction of sp³-hybridized carbons (Fsp3) is 0.143. The fourth-order valence-corrected chi connectivity index (χ4v) is 1.04. The SMILES string of the molecule is CONc1c([N+](=O)[O-])cccc1[N+](=O)[O-]. The Morgan fingerprint density at radius 1 is 1.20 bits per heavy atom. The summed E-state index contributed by atoms with van der Waals surface area (Å²) in [6, 6.07) is 3.53. The monoisotopic (exact) mass is 213 g/mol. The van der Waals surface area contributed by atoms with Crippen molar-refractivity contribution in [1.82, 2.24) is 0 Å². The molecule has 0 aromatic heterocycles. The first-order chi connectivity index (χ1) is 7.07. The van der Waals surface area contributed by atoms with Gasteiger partial charge in [0.05, 0.1) is 17.0 Å². The summed E-state index contributed by atoms with van der Waals surface area (Å²) in [6.07, 6.45) is 0. The summed E-state index contributed by atoms with van der Waals surface area (Å²) in [6.45, 7) is 0. The van der Waals surface area contributed by atoms with E-state index < -0.39 is 21.2 Å². The molecule has 0 fully saturated rings. The Bertz CT molecular complexity index is 373. The molecule has 0 heterocycles. The van der Waals surface area contributed by atoms with Crippen molar-refractivity contribution in [3.05, 3.63) is 38.4 Å². The quantitative estimate of drug-likeness (QED) is 0.599. The second kappa shape index (κ2) is 4.33. The van der Waals surface area contributed by atoms with Gasteiger partial charge >= 0.3 is 11.4 Å². The van der Waals surface area contributed by atoms with E-state index in [0.29, 0.717) is 0 Å². The Labute approximate surface area is 83.7 Å². The maximum Gasteiger partial charge on any atom is 0.301 e. The van der Waals surface area contributed by atoms with E-state index in [1.54, 1.807) is 0 Å².